The van der Waals surface area contributed by atoms with Crippen molar-refractivity contribution >= 4 is 5.97 Å². The lowest BCUT2D eigenvalue weighted by Crippen LogP contribution is -2.44. The highest BCUT2D eigenvalue weighted by Gasteiger charge is 2.30. The van der Waals surface area contributed by atoms with Gasteiger partial charge in [-0.05, 0) is 51.4 Å². The van der Waals surface area contributed by atoms with Crippen molar-refractivity contribution in [3.63, 3.8) is 0 Å². The van der Waals surface area contributed by atoms with Gasteiger partial charge in [-0.3, -0.25) is 4.90 Å². The third-order valence-electron chi connectivity index (χ3n) is 3.90. The standard InChI is InChI=1S/C16H23NO3/c1-16(2)10-14(7-8-20-16)17(3)11-12-5-4-6-13(9-12)15(18)19/h4-6,9,14H,7-8,10-11H2,1-3H3,(H,18,19)/t14-/m1/s1. The number of nitrogens with zero attached hydrogens (tertiary/aromatic N) is 1. The van der Waals surface area contributed by atoms with Crippen LogP contribution < -0.4 is 0 Å². The van der Waals surface area contributed by atoms with Gasteiger partial charge in [0.25, 0.3) is 0 Å². The normalized spacial score (nSPS) is 21.9. The van der Waals surface area contributed by atoms with E-state index in [1.807, 2.05) is 6.07 Å². The number of rotatable bonds is 4. The molecule has 0 unspecified atom stereocenters. The average Bonchev–Trinajstić information content (AvgIpc) is 2.37. The molecule has 4 heteroatoms. The highest BCUT2D eigenvalue weighted by molar-refractivity contribution is 5.87. The molecule has 20 heavy (non-hydrogen) atoms. The lowest BCUT2D eigenvalue weighted by molar-refractivity contribution is -0.0809. The smallest absolute Gasteiger partial charge is 0.335 e. The Morgan fingerprint density at radius 1 is 1.50 bits per heavy atom. The van der Waals surface area contributed by atoms with Gasteiger partial charge in [0.15, 0.2) is 0 Å². The van der Waals surface area contributed by atoms with Crippen LogP contribution in [0.25, 0.3) is 0 Å². The minimum Gasteiger partial charge on any atom is -0.478 e. The van der Waals surface area contributed by atoms with Gasteiger partial charge in [-0.25, -0.2) is 4.79 Å². The lowest BCUT2D eigenvalue weighted by Gasteiger charge is -2.39. The van der Waals surface area contributed by atoms with Crippen LogP contribution in [-0.2, 0) is 11.3 Å². The molecule has 0 bridgehead atoms. The van der Waals surface area contributed by atoms with Gasteiger partial charge < -0.3 is 9.84 Å². The van der Waals surface area contributed by atoms with Crippen LogP contribution in [0, 0.1) is 0 Å². The molecule has 0 saturated carbocycles. The minimum absolute atomic E-state index is 0.0694. The van der Waals surface area contributed by atoms with Gasteiger partial charge in [-0.15, -0.1) is 0 Å². The van der Waals surface area contributed by atoms with Crippen LogP contribution in [0.1, 0.15) is 42.6 Å². The molecule has 0 aromatic heterocycles. The second kappa shape index (κ2) is 5.94. The summed E-state index contributed by atoms with van der Waals surface area (Å²) in [6.45, 7) is 5.80. The molecule has 1 atom stereocenters. The summed E-state index contributed by atoms with van der Waals surface area (Å²) in [6.07, 6.45) is 2.03. The van der Waals surface area contributed by atoms with Gasteiger partial charge in [0.05, 0.1) is 11.2 Å². The fourth-order valence-corrected chi connectivity index (χ4v) is 2.80. The number of hydrogen-bond donors (Lipinski definition) is 1. The van der Waals surface area contributed by atoms with Crippen molar-refractivity contribution in [1.82, 2.24) is 4.90 Å². The summed E-state index contributed by atoms with van der Waals surface area (Å²) in [5, 5.41) is 9.03. The van der Waals surface area contributed by atoms with Crippen LogP contribution in [0.5, 0.6) is 0 Å². The predicted molar refractivity (Wildman–Crippen MR) is 77.9 cm³/mol. The Bertz CT molecular complexity index is 484. The average molecular weight is 277 g/mol. The van der Waals surface area contributed by atoms with Gasteiger partial charge in [-0.2, -0.15) is 0 Å². The molecule has 1 heterocycles. The summed E-state index contributed by atoms with van der Waals surface area (Å²) in [6, 6.07) is 7.65. The van der Waals surface area contributed by atoms with E-state index in [0.717, 1.165) is 31.6 Å². The molecule has 1 aliphatic heterocycles. The Hall–Kier alpha value is -1.39. The zero-order valence-corrected chi connectivity index (χ0v) is 12.4. The SMILES string of the molecule is CN(Cc1cccc(C(=O)O)c1)[C@@H]1CCOC(C)(C)C1. The first-order valence-electron chi connectivity index (χ1n) is 7.04. The summed E-state index contributed by atoms with van der Waals surface area (Å²) in [5.41, 5.74) is 1.32. The predicted octanol–water partition coefficient (Wildman–Crippen LogP) is 2.77. The van der Waals surface area contributed by atoms with Crippen molar-refractivity contribution in [1.29, 1.82) is 0 Å². The second-order valence-electron chi connectivity index (χ2n) is 6.18. The summed E-state index contributed by atoms with van der Waals surface area (Å²) in [7, 11) is 2.10. The molecule has 1 N–H and O–H groups in total. The number of aromatic carboxylic acids is 1. The Kier molecular flexibility index (Phi) is 4.45. The Balaban J connectivity index is 2.02. The van der Waals surface area contributed by atoms with Gasteiger partial charge in [0.2, 0.25) is 0 Å². The zero-order valence-electron chi connectivity index (χ0n) is 12.4. The van der Waals surface area contributed by atoms with Gasteiger partial charge in [0, 0.05) is 19.2 Å². The summed E-state index contributed by atoms with van der Waals surface area (Å²) < 4.78 is 5.74. The van der Waals surface area contributed by atoms with E-state index in [-0.39, 0.29) is 5.60 Å². The lowest BCUT2D eigenvalue weighted by atomic mass is 9.93. The van der Waals surface area contributed by atoms with E-state index in [4.69, 9.17) is 9.84 Å². The summed E-state index contributed by atoms with van der Waals surface area (Å²) in [5.74, 6) is -0.873. The summed E-state index contributed by atoms with van der Waals surface area (Å²) in [4.78, 5) is 13.3. The van der Waals surface area contributed by atoms with E-state index in [2.05, 4.69) is 25.8 Å². The number of benzene rings is 1. The number of ether oxygens (including phenoxy) is 1. The van der Waals surface area contributed by atoms with Gasteiger partial charge in [-0.1, -0.05) is 12.1 Å². The van der Waals surface area contributed by atoms with E-state index in [0.29, 0.717) is 11.6 Å². The largest absolute Gasteiger partial charge is 0.478 e. The molecular weight excluding hydrogens is 254 g/mol. The second-order valence-corrected chi connectivity index (χ2v) is 6.18. The minimum atomic E-state index is -0.873. The third kappa shape index (κ3) is 3.81. The molecule has 1 aliphatic rings. The maximum atomic E-state index is 11.0. The molecule has 110 valence electrons. The van der Waals surface area contributed by atoms with Crippen LogP contribution in [-0.4, -0.2) is 41.3 Å². The zero-order chi connectivity index (χ0) is 14.8. The highest BCUT2D eigenvalue weighted by Crippen LogP contribution is 2.27. The Morgan fingerprint density at radius 3 is 2.90 bits per heavy atom. The van der Waals surface area contributed by atoms with Gasteiger partial charge in [0.1, 0.15) is 0 Å². The van der Waals surface area contributed by atoms with E-state index in [1.165, 1.54) is 0 Å². The van der Waals surface area contributed by atoms with Crippen molar-refractivity contribution in [3.05, 3.63) is 35.4 Å². The Labute approximate surface area is 120 Å². The van der Waals surface area contributed by atoms with Crippen molar-refractivity contribution in [2.45, 2.75) is 44.9 Å². The molecule has 0 radical (unpaired) electrons. The summed E-state index contributed by atoms with van der Waals surface area (Å²) >= 11 is 0. The molecule has 4 nitrogen and oxygen atoms in total. The highest BCUT2D eigenvalue weighted by atomic mass is 16.5. The van der Waals surface area contributed by atoms with Crippen LogP contribution in [0.4, 0.5) is 0 Å². The van der Waals surface area contributed by atoms with E-state index < -0.39 is 5.97 Å². The van der Waals surface area contributed by atoms with Crippen molar-refractivity contribution in [3.8, 4) is 0 Å². The molecule has 1 fully saturated rings. The number of carboxylic acid groups (broad SMARTS) is 1. The van der Waals surface area contributed by atoms with Crippen molar-refractivity contribution in [2.75, 3.05) is 13.7 Å². The molecule has 0 amide bonds. The van der Waals surface area contributed by atoms with E-state index in [9.17, 15) is 4.79 Å². The fraction of sp³-hybridized carbons (Fsp3) is 0.562. The molecule has 0 spiro atoms. The topological polar surface area (TPSA) is 49.8 Å². The van der Waals surface area contributed by atoms with Crippen LogP contribution in [0.15, 0.2) is 24.3 Å². The van der Waals surface area contributed by atoms with Crippen molar-refractivity contribution in [2.24, 2.45) is 0 Å². The third-order valence-corrected chi connectivity index (χ3v) is 3.90. The van der Waals surface area contributed by atoms with Crippen molar-refractivity contribution < 1.29 is 14.6 Å². The monoisotopic (exact) mass is 277 g/mol. The number of carbonyl (C=O) groups is 1. The first-order chi connectivity index (χ1) is 9.37. The van der Waals surface area contributed by atoms with Gasteiger partial charge >= 0.3 is 5.97 Å². The maximum absolute atomic E-state index is 11.0. The molecule has 1 aromatic rings. The maximum Gasteiger partial charge on any atom is 0.335 e. The molecule has 2 rings (SSSR count). The molecule has 1 saturated heterocycles. The first kappa shape index (κ1) is 15.0. The molecular formula is C16H23NO3. The first-order valence-corrected chi connectivity index (χ1v) is 7.04. The van der Waals surface area contributed by atoms with Crippen LogP contribution in [0.2, 0.25) is 0 Å². The quantitative estimate of drug-likeness (QED) is 0.919. The number of hydrogen-bond acceptors (Lipinski definition) is 3. The molecule has 0 aliphatic carbocycles. The van der Waals surface area contributed by atoms with Crippen LogP contribution in [0.3, 0.4) is 0 Å². The number of carboxylic acids is 1. The van der Waals surface area contributed by atoms with Crippen LogP contribution >= 0.6 is 0 Å². The Morgan fingerprint density at radius 2 is 2.25 bits per heavy atom. The van der Waals surface area contributed by atoms with E-state index in [1.54, 1.807) is 18.2 Å². The molecule has 1 aromatic carbocycles. The van der Waals surface area contributed by atoms with E-state index >= 15 is 0 Å². The fourth-order valence-electron chi connectivity index (χ4n) is 2.80.